The zero-order chi connectivity index (χ0) is 13.9. The Morgan fingerprint density at radius 1 is 1.35 bits per heavy atom. The Morgan fingerprint density at radius 3 is 2.85 bits per heavy atom. The summed E-state index contributed by atoms with van der Waals surface area (Å²) in [5.41, 5.74) is 1.27. The van der Waals surface area contributed by atoms with Crippen molar-refractivity contribution >= 4 is 11.9 Å². The Bertz CT molecular complexity index is 599. The molecule has 0 saturated carbocycles. The maximum absolute atomic E-state index is 11.0. The first-order chi connectivity index (χ1) is 9.81. The molecule has 0 atom stereocenters. The summed E-state index contributed by atoms with van der Waals surface area (Å²) in [5.74, 6) is 1.64. The molecule has 0 N–H and O–H groups in total. The number of carbonyl (C=O) groups excluding carboxylic acids is 1. The van der Waals surface area contributed by atoms with Gasteiger partial charge in [0.15, 0.2) is 11.9 Å². The number of likely N-dealkylation sites (tertiary alicyclic amines) is 1. The van der Waals surface area contributed by atoms with E-state index >= 15 is 0 Å². The fraction of sp³-hybridized carbons (Fsp3) is 0.533. The molecule has 1 saturated heterocycles. The molecule has 3 rings (SSSR count). The molecule has 0 unspecified atom stereocenters. The van der Waals surface area contributed by atoms with Crippen molar-refractivity contribution in [3.8, 4) is 0 Å². The van der Waals surface area contributed by atoms with Crippen LogP contribution in [0.25, 0.3) is 5.65 Å². The van der Waals surface area contributed by atoms with E-state index in [1.54, 1.807) is 6.07 Å². The molecular formula is C15H20N4O. The van der Waals surface area contributed by atoms with E-state index in [4.69, 9.17) is 0 Å². The van der Waals surface area contributed by atoms with Crippen LogP contribution in [0.15, 0.2) is 18.3 Å². The van der Waals surface area contributed by atoms with Gasteiger partial charge < -0.3 is 4.90 Å². The molecule has 2 aromatic rings. The van der Waals surface area contributed by atoms with E-state index in [9.17, 15) is 4.79 Å². The number of hydrogen-bond donors (Lipinski definition) is 0. The summed E-state index contributed by atoms with van der Waals surface area (Å²) < 4.78 is 1.95. The van der Waals surface area contributed by atoms with Gasteiger partial charge in [-0.15, -0.1) is 10.2 Å². The normalized spacial score (nSPS) is 17.6. The van der Waals surface area contributed by atoms with Crippen LogP contribution >= 0.6 is 0 Å². The van der Waals surface area contributed by atoms with Crippen molar-refractivity contribution < 1.29 is 4.79 Å². The third-order valence-electron chi connectivity index (χ3n) is 4.29. The Labute approximate surface area is 118 Å². The molecule has 0 bridgehead atoms. The van der Waals surface area contributed by atoms with E-state index in [0.29, 0.717) is 17.1 Å². The SMILES string of the molecule is CCN1CCC(Cc2nnc3c(C=O)cccn23)CC1. The molecule has 0 aliphatic carbocycles. The average Bonchev–Trinajstić information content (AvgIpc) is 2.91. The minimum Gasteiger partial charge on any atom is -0.304 e. The van der Waals surface area contributed by atoms with Crippen molar-refractivity contribution in [2.75, 3.05) is 19.6 Å². The lowest BCUT2D eigenvalue weighted by atomic mass is 9.93. The number of hydrogen-bond acceptors (Lipinski definition) is 4. The lowest BCUT2D eigenvalue weighted by Gasteiger charge is -2.30. The molecule has 20 heavy (non-hydrogen) atoms. The standard InChI is InChI=1S/C15H20N4O/c1-2-18-8-5-12(6-9-18)10-14-16-17-15-13(11-20)4-3-7-19(14)15/h3-4,7,11-12H,2,5-6,8-10H2,1H3. The lowest BCUT2D eigenvalue weighted by molar-refractivity contribution is 0.112. The van der Waals surface area contributed by atoms with Gasteiger partial charge in [0.05, 0.1) is 5.56 Å². The minimum atomic E-state index is 0.604. The molecule has 0 spiro atoms. The minimum absolute atomic E-state index is 0.604. The molecule has 3 heterocycles. The van der Waals surface area contributed by atoms with Gasteiger partial charge in [-0.05, 0) is 50.5 Å². The van der Waals surface area contributed by atoms with Crippen LogP contribution in [0, 0.1) is 5.92 Å². The summed E-state index contributed by atoms with van der Waals surface area (Å²) in [7, 11) is 0. The predicted octanol–water partition coefficient (Wildman–Crippen LogP) is 1.82. The molecule has 2 aromatic heterocycles. The second-order valence-electron chi connectivity index (χ2n) is 5.47. The van der Waals surface area contributed by atoms with Crippen LogP contribution in [0.1, 0.15) is 35.9 Å². The maximum atomic E-state index is 11.0. The summed E-state index contributed by atoms with van der Waals surface area (Å²) in [6, 6.07) is 3.66. The monoisotopic (exact) mass is 272 g/mol. The van der Waals surface area contributed by atoms with Gasteiger partial charge in [0.25, 0.3) is 0 Å². The van der Waals surface area contributed by atoms with E-state index < -0.39 is 0 Å². The molecule has 5 heteroatoms. The van der Waals surface area contributed by atoms with Crippen molar-refractivity contribution in [2.45, 2.75) is 26.2 Å². The number of piperidine rings is 1. The quantitative estimate of drug-likeness (QED) is 0.797. The number of carbonyl (C=O) groups is 1. The zero-order valence-corrected chi connectivity index (χ0v) is 11.8. The maximum Gasteiger partial charge on any atom is 0.171 e. The van der Waals surface area contributed by atoms with E-state index in [2.05, 4.69) is 22.0 Å². The van der Waals surface area contributed by atoms with E-state index in [1.807, 2.05) is 16.7 Å². The molecule has 0 radical (unpaired) electrons. The molecule has 106 valence electrons. The largest absolute Gasteiger partial charge is 0.304 e. The molecule has 0 aromatic carbocycles. The Balaban J connectivity index is 1.77. The average molecular weight is 272 g/mol. The third kappa shape index (κ3) is 2.45. The fourth-order valence-corrected chi connectivity index (χ4v) is 2.98. The highest BCUT2D eigenvalue weighted by molar-refractivity contribution is 5.83. The number of rotatable bonds is 4. The van der Waals surface area contributed by atoms with Crippen molar-refractivity contribution in [3.05, 3.63) is 29.7 Å². The van der Waals surface area contributed by atoms with Crippen LogP contribution < -0.4 is 0 Å². The summed E-state index contributed by atoms with van der Waals surface area (Å²) in [5, 5.41) is 8.44. The van der Waals surface area contributed by atoms with Crippen molar-refractivity contribution in [3.63, 3.8) is 0 Å². The second kappa shape index (κ2) is 5.71. The number of pyridine rings is 1. The Hall–Kier alpha value is -1.75. The zero-order valence-electron chi connectivity index (χ0n) is 11.8. The van der Waals surface area contributed by atoms with Crippen LogP contribution in [-0.4, -0.2) is 45.4 Å². The highest BCUT2D eigenvalue weighted by atomic mass is 16.1. The molecule has 1 fully saturated rings. The number of aromatic nitrogens is 3. The predicted molar refractivity (Wildman–Crippen MR) is 76.9 cm³/mol. The van der Waals surface area contributed by atoms with Gasteiger partial charge >= 0.3 is 0 Å². The summed E-state index contributed by atoms with van der Waals surface area (Å²) >= 11 is 0. The fourth-order valence-electron chi connectivity index (χ4n) is 2.98. The van der Waals surface area contributed by atoms with Gasteiger partial charge in [-0.1, -0.05) is 6.92 Å². The molecular weight excluding hydrogens is 252 g/mol. The van der Waals surface area contributed by atoms with Gasteiger partial charge in [0.2, 0.25) is 0 Å². The highest BCUT2D eigenvalue weighted by Gasteiger charge is 2.20. The molecule has 0 amide bonds. The molecule has 1 aliphatic rings. The van der Waals surface area contributed by atoms with Crippen LogP contribution in [0.5, 0.6) is 0 Å². The molecule has 5 nitrogen and oxygen atoms in total. The number of fused-ring (bicyclic) bond motifs is 1. The van der Waals surface area contributed by atoms with Crippen LogP contribution in [0.2, 0.25) is 0 Å². The van der Waals surface area contributed by atoms with Gasteiger partial charge in [-0.25, -0.2) is 0 Å². The molecule has 1 aliphatic heterocycles. The van der Waals surface area contributed by atoms with Crippen LogP contribution in [-0.2, 0) is 6.42 Å². The van der Waals surface area contributed by atoms with Crippen molar-refractivity contribution in [1.29, 1.82) is 0 Å². The van der Waals surface area contributed by atoms with Gasteiger partial charge in [0.1, 0.15) is 5.82 Å². The first-order valence-corrected chi connectivity index (χ1v) is 7.32. The van der Waals surface area contributed by atoms with E-state index in [0.717, 1.165) is 25.1 Å². The Morgan fingerprint density at radius 2 is 2.15 bits per heavy atom. The third-order valence-corrected chi connectivity index (χ3v) is 4.29. The highest BCUT2D eigenvalue weighted by Crippen LogP contribution is 2.21. The van der Waals surface area contributed by atoms with Crippen molar-refractivity contribution in [1.82, 2.24) is 19.5 Å². The second-order valence-corrected chi connectivity index (χ2v) is 5.47. The first-order valence-electron chi connectivity index (χ1n) is 7.32. The topological polar surface area (TPSA) is 50.5 Å². The van der Waals surface area contributed by atoms with Gasteiger partial charge in [-0.2, -0.15) is 0 Å². The number of aldehydes is 1. The first kappa shape index (κ1) is 13.2. The number of nitrogens with zero attached hydrogens (tertiary/aromatic N) is 4. The van der Waals surface area contributed by atoms with E-state index in [-0.39, 0.29) is 0 Å². The van der Waals surface area contributed by atoms with E-state index in [1.165, 1.54) is 25.9 Å². The smallest absolute Gasteiger partial charge is 0.171 e. The van der Waals surface area contributed by atoms with Crippen LogP contribution in [0.3, 0.4) is 0 Å². The lowest BCUT2D eigenvalue weighted by Crippen LogP contribution is -2.34. The van der Waals surface area contributed by atoms with Crippen LogP contribution in [0.4, 0.5) is 0 Å². The Kier molecular flexibility index (Phi) is 3.78. The van der Waals surface area contributed by atoms with Gasteiger partial charge in [-0.3, -0.25) is 9.20 Å². The van der Waals surface area contributed by atoms with Gasteiger partial charge in [0, 0.05) is 12.6 Å². The summed E-state index contributed by atoms with van der Waals surface area (Å²) in [6.45, 7) is 5.71. The van der Waals surface area contributed by atoms with Crippen molar-refractivity contribution in [2.24, 2.45) is 5.92 Å². The summed E-state index contributed by atoms with van der Waals surface area (Å²) in [6.07, 6.45) is 6.17. The summed E-state index contributed by atoms with van der Waals surface area (Å²) in [4.78, 5) is 13.5.